The molecule has 0 radical (unpaired) electrons. The van der Waals surface area contributed by atoms with Gasteiger partial charge in [0.15, 0.2) is 0 Å². The van der Waals surface area contributed by atoms with Gasteiger partial charge < -0.3 is 5.32 Å². The van der Waals surface area contributed by atoms with E-state index in [1.807, 2.05) is 0 Å². The molecule has 1 aliphatic heterocycles. The quantitative estimate of drug-likeness (QED) is 0.122. The standard InChI is InChI=1S/C34H66N2O/c1-4-6-8-10-12-16-20-25-32(35-34(37)33-27-22-28-36(33)3)26-21-17-13-15-19-24-31-29-30(31)23-18-14-11-9-7-5-2/h30-33H,4-29H2,1-3H3,(H,35,37)/t30-,31+,32+,33+/m0/s1. The van der Waals surface area contributed by atoms with Crippen LogP contribution in [-0.2, 0) is 4.79 Å². The smallest absolute Gasteiger partial charge is 0.237 e. The molecule has 1 amide bonds. The van der Waals surface area contributed by atoms with E-state index in [1.165, 1.54) is 148 Å². The molecule has 1 N–H and O–H groups in total. The van der Waals surface area contributed by atoms with Crippen molar-refractivity contribution in [3.63, 3.8) is 0 Å². The first-order valence-electron chi connectivity index (χ1n) is 17.2. The molecule has 2 aliphatic rings. The molecule has 1 saturated heterocycles. The molecule has 0 unspecified atom stereocenters. The number of unbranched alkanes of at least 4 members (excludes halogenated alkanes) is 15. The lowest BCUT2D eigenvalue weighted by Gasteiger charge is -2.24. The first-order chi connectivity index (χ1) is 18.2. The zero-order valence-corrected chi connectivity index (χ0v) is 25.5. The van der Waals surface area contributed by atoms with Gasteiger partial charge in [-0.25, -0.2) is 0 Å². The van der Waals surface area contributed by atoms with Crippen molar-refractivity contribution in [1.82, 2.24) is 10.2 Å². The van der Waals surface area contributed by atoms with Crippen LogP contribution in [0.1, 0.15) is 174 Å². The number of rotatable bonds is 25. The van der Waals surface area contributed by atoms with Gasteiger partial charge in [0.1, 0.15) is 0 Å². The summed E-state index contributed by atoms with van der Waals surface area (Å²) in [6.45, 7) is 5.66. The molecule has 1 aliphatic carbocycles. The lowest BCUT2D eigenvalue weighted by molar-refractivity contribution is -0.125. The maximum atomic E-state index is 12.9. The fourth-order valence-corrected chi connectivity index (χ4v) is 6.71. The number of hydrogen-bond acceptors (Lipinski definition) is 2. The third-order valence-electron chi connectivity index (χ3n) is 9.45. The van der Waals surface area contributed by atoms with Crippen LogP contribution in [0.4, 0.5) is 0 Å². The number of likely N-dealkylation sites (tertiary alicyclic amines) is 1. The number of likely N-dealkylation sites (N-methyl/N-ethyl adjacent to an activating group) is 1. The highest BCUT2D eigenvalue weighted by atomic mass is 16.2. The van der Waals surface area contributed by atoms with Crippen molar-refractivity contribution in [2.75, 3.05) is 13.6 Å². The Balaban J connectivity index is 1.51. The summed E-state index contributed by atoms with van der Waals surface area (Å²) in [5.41, 5.74) is 0. The highest BCUT2D eigenvalue weighted by Gasteiger charge is 2.35. The van der Waals surface area contributed by atoms with Crippen molar-refractivity contribution in [2.45, 2.75) is 186 Å². The van der Waals surface area contributed by atoms with Gasteiger partial charge in [0.2, 0.25) is 5.91 Å². The van der Waals surface area contributed by atoms with Crippen LogP contribution >= 0.6 is 0 Å². The molecule has 0 spiro atoms. The number of amides is 1. The molecule has 4 atom stereocenters. The first kappa shape index (κ1) is 32.6. The zero-order chi connectivity index (χ0) is 26.6. The van der Waals surface area contributed by atoms with Crippen molar-refractivity contribution in [2.24, 2.45) is 11.8 Å². The fourth-order valence-electron chi connectivity index (χ4n) is 6.71. The molecule has 0 bridgehead atoms. The predicted molar refractivity (Wildman–Crippen MR) is 162 cm³/mol. The molecular formula is C34H66N2O. The minimum Gasteiger partial charge on any atom is -0.352 e. The number of nitrogens with one attached hydrogen (secondary N) is 1. The summed E-state index contributed by atoms with van der Waals surface area (Å²) < 4.78 is 0. The average molecular weight is 519 g/mol. The molecule has 1 saturated carbocycles. The normalized spacial score (nSPS) is 22.4. The molecule has 1 heterocycles. The van der Waals surface area contributed by atoms with E-state index in [2.05, 4.69) is 31.1 Å². The van der Waals surface area contributed by atoms with E-state index in [0.717, 1.165) is 31.2 Å². The zero-order valence-electron chi connectivity index (χ0n) is 25.5. The topological polar surface area (TPSA) is 32.3 Å². The second-order valence-electron chi connectivity index (χ2n) is 12.9. The van der Waals surface area contributed by atoms with Crippen molar-refractivity contribution in [3.05, 3.63) is 0 Å². The van der Waals surface area contributed by atoms with E-state index >= 15 is 0 Å². The van der Waals surface area contributed by atoms with Gasteiger partial charge in [-0.2, -0.15) is 0 Å². The van der Waals surface area contributed by atoms with E-state index in [4.69, 9.17) is 0 Å². The van der Waals surface area contributed by atoms with Crippen LogP contribution in [-0.4, -0.2) is 36.5 Å². The van der Waals surface area contributed by atoms with Crippen LogP contribution in [0.2, 0.25) is 0 Å². The van der Waals surface area contributed by atoms with Gasteiger partial charge in [-0.05, 0) is 57.5 Å². The summed E-state index contributed by atoms with van der Waals surface area (Å²) in [7, 11) is 2.11. The largest absolute Gasteiger partial charge is 0.352 e. The van der Waals surface area contributed by atoms with Crippen LogP contribution in [0.25, 0.3) is 0 Å². The van der Waals surface area contributed by atoms with Gasteiger partial charge in [0, 0.05) is 6.04 Å². The van der Waals surface area contributed by atoms with Crippen molar-refractivity contribution < 1.29 is 4.79 Å². The number of carbonyl (C=O) groups is 1. The van der Waals surface area contributed by atoms with E-state index in [9.17, 15) is 4.79 Å². The Morgan fingerprint density at radius 3 is 1.62 bits per heavy atom. The molecule has 2 rings (SSSR count). The Hall–Kier alpha value is -0.570. The van der Waals surface area contributed by atoms with Crippen molar-refractivity contribution >= 4 is 5.91 Å². The van der Waals surface area contributed by atoms with Crippen molar-refractivity contribution in [3.8, 4) is 0 Å². The van der Waals surface area contributed by atoms with Gasteiger partial charge in [-0.3, -0.25) is 9.69 Å². The van der Waals surface area contributed by atoms with E-state index in [1.54, 1.807) is 0 Å². The average Bonchev–Trinajstić information content (AvgIpc) is 3.50. The van der Waals surface area contributed by atoms with Gasteiger partial charge in [0.05, 0.1) is 6.04 Å². The molecule has 3 heteroatoms. The van der Waals surface area contributed by atoms with E-state index < -0.39 is 0 Å². The molecule has 218 valence electrons. The highest BCUT2D eigenvalue weighted by molar-refractivity contribution is 5.82. The van der Waals surface area contributed by atoms with E-state index in [0.29, 0.717) is 11.9 Å². The molecule has 37 heavy (non-hydrogen) atoms. The minimum atomic E-state index is 0.115. The molecule has 0 aromatic heterocycles. The number of nitrogens with zero attached hydrogens (tertiary/aromatic N) is 1. The molecule has 3 nitrogen and oxygen atoms in total. The summed E-state index contributed by atoms with van der Waals surface area (Å²) >= 11 is 0. The summed E-state index contributed by atoms with van der Waals surface area (Å²) in [5.74, 6) is 2.46. The van der Waals surface area contributed by atoms with Gasteiger partial charge in [-0.15, -0.1) is 0 Å². The Bertz CT molecular complexity index is 550. The molecule has 2 fully saturated rings. The Kier molecular flexibility index (Phi) is 18.8. The maximum absolute atomic E-state index is 12.9. The highest BCUT2D eigenvalue weighted by Crippen LogP contribution is 2.45. The van der Waals surface area contributed by atoms with Crippen molar-refractivity contribution in [1.29, 1.82) is 0 Å². The van der Waals surface area contributed by atoms with Gasteiger partial charge in [0.25, 0.3) is 0 Å². The Morgan fingerprint density at radius 1 is 0.703 bits per heavy atom. The predicted octanol–water partition coefficient (Wildman–Crippen LogP) is 9.82. The van der Waals surface area contributed by atoms with Crippen LogP contribution in [0.3, 0.4) is 0 Å². The number of carbonyl (C=O) groups excluding carboxylic acids is 1. The van der Waals surface area contributed by atoms with Crippen LogP contribution < -0.4 is 5.32 Å². The second kappa shape index (κ2) is 21.3. The van der Waals surface area contributed by atoms with E-state index in [-0.39, 0.29) is 6.04 Å². The third kappa shape index (κ3) is 15.6. The lowest BCUT2D eigenvalue weighted by Crippen LogP contribution is -2.45. The minimum absolute atomic E-state index is 0.115. The summed E-state index contributed by atoms with van der Waals surface area (Å²) in [6.07, 6.45) is 34.1. The van der Waals surface area contributed by atoms with Crippen LogP contribution in [0, 0.1) is 11.8 Å². The van der Waals surface area contributed by atoms with Crippen LogP contribution in [0.15, 0.2) is 0 Å². The second-order valence-corrected chi connectivity index (χ2v) is 12.9. The summed E-state index contributed by atoms with van der Waals surface area (Å²) in [6, 6.07) is 0.509. The monoisotopic (exact) mass is 519 g/mol. The maximum Gasteiger partial charge on any atom is 0.237 e. The lowest BCUT2D eigenvalue weighted by atomic mass is 9.99. The summed E-state index contributed by atoms with van der Waals surface area (Å²) in [4.78, 5) is 15.2. The fraction of sp³-hybridized carbons (Fsp3) is 0.971. The third-order valence-corrected chi connectivity index (χ3v) is 9.45. The molecule has 0 aromatic carbocycles. The SMILES string of the molecule is CCCCCCCCC[C@H](CCCCCCC[C@@H]1C[C@@H]1CCCCCCCC)NC(=O)[C@H]1CCCN1C. The number of hydrogen-bond donors (Lipinski definition) is 1. The first-order valence-corrected chi connectivity index (χ1v) is 17.2. The molecular weight excluding hydrogens is 452 g/mol. The van der Waals surface area contributed by atoms with Crippen LogP contribution in [0.5, 0.6) is 0 Å². The Labute approximate surface area is 232 Å². The summed E-state index contributed by atoms with van der Waals surface area (Å²) in [5, 5.41) is 3.48. The van der Waals surface area contributed by atoms with Gasteiger partial charge >= 0.3 is 0 Å². The van der Waals surface area contributed by atoms with Gasteiger partial charge in [-0.1, -0.05) is 142 Å². The molecule has 0 aromatic rings. The Morgan fingerprint density at radius 2 is 1.16 bits per heavy atom.